The first-order chi connectivity index (χ1) is 6.03. The second-order valence-corrected chi connectivity index (χ2v) is 5.39. The predicted octanol–water partition coefficient (Wildman–Crippen LogP) is 1.78. The molecule has 0 amide bonds. The minimum atomic E-state index is 0.340. The monoisotopic (exact) mass is 185 g/mol. The summed E-state index contributed by atoms with van der Waals surface area (Å²) in [6.07, 6.45) is 3.42. The third-order valence-corrected chi connectivity index (χ3v) is 2.82. The minimum absolute atomic E-state index is 0.340. The van der Waals surface area contributed by atoms with Crippen LogP contribution >= 0.6 is 0 Å². The van der Waals surface area contributed by atoms with Gasteiger partial charge in [0.25, 0.3) is 0 Å². The van der Waals surface area contributed by atoms with Gasteiger partial charge in [-0.3, -0.25) is 0 Å². The molecule has 1 heterocycles. The van der Waals surface area contributed by atoms with E-state index in [9.17, 15) is 0 Å². The van der Waals surface area contributed by atoms with Crippen LogP contribution in [-0.4, -0.2) is 24.3 Å². The number of aliphatic hydroxyl groups is 1. The van der Waals surface area contributed by atoms with Crippen LogP contribution in [0.2, 0.25) is 0 Å². The molecule has 1 rings (SSSR count). The first-order valence-corrected chi connectivity index (χ1v) is 5.37. The zero-order valence-corrected chi connectivity index (χ0v) is 9.14. The summed E-state index contributed by atoms with van der Waals surface area (Å²) in [7, 11) is 0. The van der Waals surface area contributed by atoms with Crippen LogP contribution < -0.4 is 5.32 Å². The number of hydrogen-bond acceptors (Lipinski definition) is 2. The quantitative estimate of drug-likeness (QED) is 0.702. The molecule has 0 aromatic rings. The average Bonchev–Trinajstić information content (AvgIpc) is 2.34. The largest absolute Gasteiger partial charge is 0.396 e. The van der Waals surface area contributed by atoms with E-state index in [-0.39, 0.29) is 0 Å². The molecule has 13 heavy (non-hydrogen) atoms. The summed E-state index contributed by atoms with van der Waals surface area (Å²) in [6.45, 7) is 8.31. The van der Waals surface area contributed by atoms with E-state index in [1.165, 1.54) is 12.8 Å². The highest BCUT2D eigenvalue weighted by atomic mass is 16.3. The van der Waals surface area contributed by atoms with Gasteiger partial charge in [-0.2, -0.15) is 0 Å². The Labute approximate surface area is 81.7 Å². The Balaban J connectivity index is 2.39. The van der Waals surface area contributed by atoms with E-state index in [0.29, 0.717) is 24.0 Å². The molecule has 1 aliphatic rings. The number of aliphatic hydroxyl groups excluding tert-OH is 1. The lowest BCUT2D eigenvalue weighted by Gasteiger charge is -2.27. The van der Waals surface area contributed by atoms with Crippen LogP contribution in [0.25, 0.3) is 0 Å². The maximum Gasteiger partial charge on any atom is 0.0434 e. The van der Waals surface area contributed by atoms with Crippen molar-refractivity contribution in [1.82, 2.24) is 5.32 Å². The van der Waals surface area contributed by atoms with E-state index in [1.807, 2.05) is 0 Å². The molecule has 0 aromatic carbocycles. The molecule has 1 fully saturated rings. The first kappa shape index (κ1) is 11.0. The van der Waals surface area contributed by atoms with Gasteiger partial charge in [-0.1, -0.05) is 20.8 Å². The summed E-state index contributed by atoms with van der Waals surface area (Å²) in [5.41, 5.74) is 0.399. The third-order valence-electron chi connectivity index (χ3n) is 2.82. The fraction of sp³-hybridized carbons (Fsp3) is 1.00. The first-order valence-electron chi connectivity index (χ1n) is 5.37. The van der Waals surface area contributed by atoms with E-state index in [1.54, 1.807) is 0 Å². The van der Waals surface area contributed by atoms with Crippen molar-refractivity contribution in [3.63, 3.8) is 0 Å². The summed E-state index contributed by atoms with van der Waals surface area (Å²) in [5, 5.41) is 12.5. The van der Waals surface area contributed by atoms with E-state index in [0.717, 1.165) is 13.0 Å². The van der Waals surface area contributed by atoms with Gasteiger partial charge in [-0.15, -0.1) is 0 Å². The highest BCUT2D eigenvalue weighted by molar-refractivity contribution is 4.86. The van der Waals surface area contributed by atoms with E-state index >= 15 is 0 Å². The molecule has 0 aliphatic carbocycles. The molecule has 2 N–H and O–H groups in total. The molecule has 0 radical (unpaired) electrons. The summed E-state index contributed by atoms with van der Waals surface area (Å²) >= 11 is 0. The van der Waals surface area contributed by atoms with Crippen molar-refractivity contribution < 1.29 is 5.11 Å². The van der Waals surface area contributed by atoms with Crippen molar-refractivity contribution >= 4 is 0 Å². The van der Waals surface area contributed by atoms with Crippen molar-refractivity contribution in [1.29, 1.82) is 0 Å². The molecular weight excluding hydrogens is 162 g/mol. The van der Waals surface area contributed by atoms with Gasteiger partial charge < -0.3 is 10.4 Å². The van der Waals surface area contributed by atoms with Gasteiger partial charge >= 0.3 is 0 Å². The summed E-state index contributed by atoms with van der Waals surface area (Å²) in [4.78, 5) is 0. The molecule has 0 saturated carbocycles. The van der Waals surface area contributed by atoms with E-state index < -0.39 is 0 Å². The van der Waals surface area contributed by atoms with Crippen molar-refractivity contribution in [2.24, 2.45) is 11.3 Å². The van der Waals surface area contributed by atoms with Crippen molar-refractivity contribution in [3.8, 4) is 0 Å². The lowest BCUT2D eigenvalue weighted by atomic mass is 9.83. The molecule has 2 unspecified atom stereocenters. The normalized spacial score (nSPS) is 29.5. The van der Waals surface area contributed by atoms with Crippen LogP contribution in [0.3, 0.4) is 0 Å². The second-order valence-electron chi connectivity index (χ2n) is 5.39. The second kappa shape index (κ2) is 4.43. The Kier molecular flexibility index (Phi) is 3.74. The Hall–Kier alpha value is -0.0800. The Morgan fingerprint density at radius 1 is 1.38 bits per heavy atom. The molecule has 1 aliphatic heterocycles. The molecule has 1 saturated heterocycles. The van der Waals surface area contributed by atoms with E-state index in [4.69, 9.17) is 5.11 Å². The molecule has 0 aromatic heterocycles. The maximum absolute atomic E-state index is 8.91. The molecule has 2 nitrogen and oxygen atoms in total. The minimum Gasteiger partial charge on any atom is -0.396 e. The van der Waals surface area contributed by atoms with Gasteiger partial charge in [-0.25, -0.2) is 0 Å². The van der Waals surface area contributed by atoms with Crippen molar-refractivity contribution in [2.75, 3.05) is 13.2 Å². The highest BCUT2D eigenvalue weighted by Crippen LogP contribution is 2.29. The zero-order valence-electron chi connectivity index (χ0n) is 9.14. The Morgan fingerprint density at radius 2 is 2.08 bits per heavy atom. The SMILES string of the molecule is CC(C)(C)CC1NCCC1CCO. The molecule has 0 bridgehead atoms. The fourth-order valence-electron chi connectivity index (χ4n) is 2.23. The Morgan fingerprint density at radius 3 is 2.62 bits per heavy atom. The lowest BCUT2D eigenvalue weighted by Crippen LogP contribution is -2.31. The van der Waals surface area contributed by atoms with Gasteiger partial charge in [0.1, 0.15) is 0 Å². The van der Waals surface area contributed by atoms with Crippen molar-refractivity contribution in [2.45, 2.75) is 46.1 Å². The summed E-state index contributed by atoms with van der Waals surface area (Å²) in [6, 6.07) is 0.632. The standard InChI is InChI=1S/C11H23NO/c1-11(2,3)8-10-9(5-7-13)4-6-12-10/h9-10,12-13H,4-8H2,1-3H3. The van der Waals surface area contributed by atoms with Gasteiger partial charge in [0.05, 0.1) is 0 Å². The molecule has 2 atom stereocenters. The Bertz CT molecular complexity index is 151. The van der Waals surface area contributed by atoms with Gasteiger partial charge in [-0.05, 0) is 37.1 Å². The smallest absolute Gasteiger partial charge is 0.0434 e. The molecular formula is C11H23NO. The predicted molar refractivity (Wildman–Crippen MR) is 55.7 cm³/mol. The van der Waals surface area contributed by atoms with Gasteiger partial charge in [0.15, 0.2) is 0 Å². The topological polar surface area (TPSA) is 32.3 Å². The van der Waals surface area contributed by atoms with Crippen LogP contribution in [0, 0.1) is 11.3 Å². The van der Waals surface area contributed by atoms with Gasteiger partial charge in [0, 0.05) is 12.6 Å². The molecule has 0 spiro atoms. The van der Waals surface area contributed by atoms with Crippen LogP contribution in [0.15, 0.2) is 0 Å². The zero-order chi connectivity index (χ0) is 9.90. The van der Waals surface area contributed by atoms with Gasteiger partial charge in [0.2, 0.25) is 0 Å². The lowest BCUT2D eigenvalue weighted by molar-refractivity contribution is 0.224. The number of rotatable bonds is 3. The van der Waals surface area contributed by atoms with Crippen LogP contribution in [0.1, 0.15) is 40.0 Å². The van der Waals surface area contributed by atoms with Crippen LogP contribution in [0.5, 0.6) is 0 Å². The van der Waals surface area contributed by atoms with Crippen molar-refractivity contribution in [3.05, 3.63) is 0 Å². The number of nitrogens with one attached hydrogen (secondary N) is 1. The fourth-order valence-corrected chi connectivity index (χ4v) is 2.23. The number of hydrogen-bond donors (Lipinski definition) is 2. The highest BCUT2D eigenvalue weighted by Gasteiger charge is 2.29. The molecule has 2 heteroatoms. The average molecular weight is 185 g/mol. The third kappa shape index (κ3) is 3.65. The summed E-state index contributed by atoms with van der Waals surface area (Å²) in [5.74, 6) is 0.698. The van der Waals surface area contributed by atoms with Crippen LogP contribution in [-0.2, 0) is 0 Å². The maximum atomic E-state index is 8.91. The van der Waals surface area contributed by atoms with E-state index in [2.05, 4.69) is 26.1 Å². The van der Waals surface area contributed by atoms with Crippen LogP contribution in [0.4, 0.5) is 0 Å². The molecule has 78 valence electrons. The summed E-state index contributed by atoms with van der Waals surface area (Å²) < 4.78 is 0.